The first kappa shape index (κ1) is 16.7. The first-order chi connectivity index (χ1) is 10.7. The third kappa shape index (κ3) is 5.28. The van der Waals surface area contributed by atoms with E-state index in [1.165, 1.54) is 11.3 Å². The number of halogens is 1. The number of nitrogens with two attached hydrogens (primary N) is 1. The van der Waals surface area contributed by atoms with Crippen LogP contribution in [0.1, 0.15) is 12.5 Å². The van der Waals surface area contributed by atoms with Gasteiger partial charge >= 0.3 is 0 Å². The highest BCUT2D eigenvalue weighted by atomic mass is 79.9. The van der Waals surface area contributed by atoms with Gasteiger partial charge in [-0.3, -0.25) is 5.43 Å². The molecule has 0 aliphatic heterocycles. The zero-order chi connectivity index (χ0) is 15.8. The molecule has 0 bridgehead atoms. The van der Waals surface area contributed by atoms with Gasteiger partial charge in [-0.1, -0.05) is 15.9 Å². The smallest absolute Gasteiger partial charge is 0.205 e. The van der Waals surface area contributed by atoms with Gasteiger partial charge in [-0.2, -0.15) is 5.10 Å². The molecule has 0 aliphatic carbocycles. The third-order valence-corrected chi connectivity index (χ3v) is 3.81. The Morgan fingerprint density at radius 1 is 1.45 bits per heavy atom. The van der Waals surface area contributed by atoms with Gasteiger partial charge in [-0.05, 0) is 25.1 Å². The average Bonchev–Trinajstić information content (AvgIpc) is 2.91. The number of hydrogen-bond acceptors (Lipinski definition) is 7. The van der Waals surface area contributed by atoms with Crippen molar-refractivity contribution in [3.05, 3.63) is 33.6 Å². The van der Waals surface area contributed by atoms with E-state index in [1.807, 2.05) is 25.1 Å². The lowest BCUT2D eigenvalue weighted by molar-refractivity contribution is 0.110. The van der Waals surface area contributed by atoms with Crippen molar-refractivity contribution in [1.82, 2.24) is 4.98 Å². The lowest BCUT2D eigenvalue weighted by Gasteiger charge is -2.09. The summed E-state index contributed by atoms with van der Waals surface area (Å²) < 4.78 is 11.9. The Hall–Kier alpha value is -1.64. The number of anilines is 2. The first-order valence-corrected chi connectivity index (χ1v) is 8.36. The van der Waals surface area contributed by atoms with E-state index >= 15 is 0 Å². The first-order valence-electron chi connectivity index (χ1n) is 6.69. The predicted octanol–water partition coefficient (Wildman–Crippen LogP) is 3.35. The molecule has 22 heavy (non-hydrogen) atoms. The Morgan fingerprint density at radius 2 is 2.32 bits per heavy atom. The van der Waals surface area contributed by atoms with Crippen LogP contribution in [0.2, 0.25) is 0 Å². The second-order valence-electron chi connectivity index (χ2n) is 4.18. The third-order valence-electron chi connectivity index (χ3n) is 2.55. The number of rotatable bonds is 8. The second-order valence-corrected chi connectivity index (χ2v) is 5.95. The molecule has 2 rings (SSSR count). The van der Waals surface area contributed by atoms with Gasteiger partial charge in [0.05, 0.1) is 12.8 Å². The van der Waals surface area contributed by atoms with Crippen molar-refractivity contribution in [3.8, 4) is 5.75 Å². The van der Waals surface area contributed by atoms with Crippen LogP contribution in [0.15, 0.2) is 33.2 Å². The molecule has 6 nitrogen and oxygen atoms in total. The van der Waals surface area contributed by atoms with Gasteiger partial charge in [0.1, 0.15) is 18.2 Å². The van der Waals surface area contributed by atoms with Crippen molar-refractivity contribution in [2.24, 2.45) is 5.10 Å². The lowest BCUT2D eigenvalue weighted by Crippen LogP contribution is -2.07. The second kappa shape index (κ2) is 8.72. The zero-order valence-electron chi connectivity index (χ0n) is 12.1. The van der Waals surface area contributed by atoms with E-state index < -0.39 is 0 Å². The molecule has 1 heterocycles. The molecule has 118 valence electrons. The number of nitrogens with one attached hydrogen (secondary N) is 1. The maximum atomic E-state index is 5.70. The van der Waals surface area contributed by atoms with Gasteiger partial charge in [-0.25, -0.2) is 4.98 Å². The molecule has 0 saturated carbocycles. The standard InChI is InChI=1S/C14H17BrN4O2S/c1-2-20-5-6-21-12-4-3-11(15)7-10(12)8-17-19-14-18-13(16)9-22-14/h3-4,7-9H,2,5-6,16H2,1H3,(H,18,19). The molecule has 1 aromatic carbocycles. The molecule has 8 heteroatoms. The Balaban J connectivity index is 1.99. The molecule has 0 atom stereocenters. The maximum absolute atomic E-state index is 5.70. The van der Waals surface area contributed by atoms with Gasteiger partial charge in [0.15, 0.2) is 0 Å². The van der Waals surface area contributed by atoms with Gasteiger partial charge in [0.2, 0.25) is 5.13 Å². The van der Waals surface area contributed by atoms with E-state index in [0.717, 1.165) is 15.8 Å². The van der Waals surface area contributed by atoms with Crippen LogP contribution in [-0.2, 0) is 4.74 Å². The minimum absolute atomic E-state index is 0.477. The summed E-state index contributed by atoms with van der Waals surface area (Å²) in [5.74, 6) is 1.22. The Kier molecular flexibility index (Phi) is 6.63. The minimum Gasteiger partial charge on any atom is -0.491 e. The van der Waals surface area contributed by atoms with Crippen molar-refractivity contribution >= 4 is 44.4 Å². The van der Waals surface area contributed by atoms with Crippen LogP contribution in [0.3, 0.4) is 0 Å². The summed E-state index contributed by atoms with van der Waals surface area (Å²) in [5, 5.41) is 6.55. The molecule has 0 spiro atoms. The molecule has 0 fully saturated rings. The number of hydrazone groups is 1. The molecule has 3 N–H and O–H groups in total. The predicted molar refractivity (Wildman–Crippen MR) is 93.9 cm³/mol. The highest BCUT2D eigenvalue weighted by molar-refractivity contribution is 9.10. The number of aromatic nitrogens is 1. The summed E-state index contributed by atoms with van der Waals surface area (Å²) in [4.78, 5) is 4.07. The molecule has 0 radical (unpaired) electrons. The van der Waals surface area contributed by atoms with Crippen molar-refractivity contribution in [2.45, 2.75) is 6.92 Å². The van der Waals surface area contributed by atoms with Crippen LogP contribution >= 0.6 is 27.3 Å². The molecule has 0 aliphatic rings. The molecule has 0 saturated heterocycles. The van der Waals surface area contributed by atoms with Crippen LogP contribution in [-0.4, -0.2) is 31.0 Å². The van der Waals surface area contributed by atoms with Crippen molar-refractivity contribution in [3.63, 3.8) is 0 Å². The lowest BCUT2D eigenvalue weighted by atomic mass is 10.2. The monoisotopic (exact) mass is 384 g/mol. The Labute approximate surface area is 141 Å². The van der Waals surface area contributed by atoms with Crippen LogP contribution in [0.5, 0.6) is 5.75 Å². The van der Waals surface area contributed by atoms with E-state index in [-0.39, 0.29) is 0 Å². The van der Waals surface area contributed by atoms with Gasteiger partial charge < -0.3 is 15.2 Å². The van der Waals surface area contributed by atoms with Crippen LogP contribution < -0.4 is 15.9 Å². The number of nitrogen functional groups attached to an aromatic ring is 1. The topological polar surface area (TPSA) is 81.8 Å². The van der Waals surface area contributed by atoms with E-state index in [9.17, 15) is 0 Å². The largest absolute Gasteiger partial charge is 0.491 e. The van der Waals surface area contributed by atoms with Crippen LogP contribution in [0.25, 0.3) is 0 Å². The highest BCUT2D eigenvalue weighted by Crippen LogP contribution is 2.22. The molecular weight excluding hydrogens is 368 g/mol. The SMILES string of the molecule is CCOCCOc1ccc(Br)cc1C=NNc1nc(N)cs1. The average molecular weight is 385 g/mol. The fourth-order valence-corrected chi connectivity index (χ4v) is 2.53. The van der Waals surface area contributed by atoms with Gasteiger partial charge in [0.25, 0.3) is 0 Å². The number of thiazole rings is 1. The van der Waals surface area contributed by atoms with Crippen molar-refractivity contribution < 1.29 is 9.47 Å². The van der Waals surface area contributed by atoms with Crippen LogP contribution in [0.4, 0.5) is 10.9 Å². The number of hydrogen-bond donors (Lipinski definition) is 2. The fourth-order valence-electron chi connectivity index (χ4n) is 1.60. The maximum Gasteiger partial charge on any atom is 0.205 e. The summed E-state index contributed by atoms with van der Waals surface area (Å²) in [5.41, 5.74) is 9.24. The Morgan fingerprint density at radius 3 is 3.05 bits per heavy atom. The summed E-state index contributed by atoms with van der Waals surface area (Å²) in [6, 6.07) is 5.73. The van der Waals surface area contributed by atoms with Crippen molar-refractivity contribution in [2.75, 3.05) is 31.0 Å². The normalized spacial score (nSPS) is 11.0. The van der Waals surface area contributed by atoms with E-state index in [0.29, 0.717) is 30.8 Å². The summed E-state index contributed by atoms with van der Waals surface area (Å²) in [7, 11) is 0. The highest BCUT2D eigenvalue weighted by Gasteiger charge is 2.03. The van der Waals surface area contributed by atoms with Gasteiger partial charge in [0, 0.05) is 22.0 Å². The molecule has 0 amide bonds. The molecular formula is C14H17BrN4O2S. The quantitative estimate of drug-likeness (QED) is 0.414. The van der Waals surface area contributed by atoms with E-state index in [2.05, 4.69) is 31.4 Å². The zero-order valence-corrected chi connectivity index (χ0v) is 14.5. The summed E-state index contributed by atoms with van der Waals surface area (Å²) in [6.45, 7) is 3.68. The van der Waals surface area contributed by atoms with Gasteiger partial charge in [-0.15, -0.1) is 11.3 Å². The summed E-state index contributed by atoms with van der Waals surface area (Å²) >= 11 is 4.83. The number of benzene rings is 1. The van der Waals surface area contributed by atoms with Crippen LogP contribution in [0, 0.1) is 0 Å². The molecule has 0 unspecified atom stereocenters. The van der Waals surface area contributed by atoms with E-state index in [4.69, 9.17) is 15.2 Å². The van der Waals surface area contributed by atoms with E-state index in [1.54, 1.807) is 11.6 Å². The number of nitrogens with zero attached hydrogens (tertiary/aromatic N) is 2. The minimum atomic E-state index is 0.477. The molecule has 1 aromatic heterocycles. The Bertz CT molecular complexity index is 633. The summed E-state index contributed by atoms with van der Waals surface area (Å²) in [6.07, 6.45) is 1.68. The number of ether oxygens (including phenoxy) is 2. The van der Waals surface area contributed by atoms with Crippen molar-refractivity contribution in [1.29, 1.82) is 0 Å². The fraction of sp³-hybridized carbons (Fsp3) is 0.286. The molecule has 2 aromatic rings.